The Kier molecular flexibility index (Phi) is 7.61. The van der Waals surface area contributed by atoms with Gasteiger partial charge in [-0.2, -0.15) is 0 Å². The zero-order valence-corrected chi connectivity index (χ0v) is 23.3. The second-order valence-corrected chi connectivity index (χ2v) is 11.1. The largest absolute Gasteiger partial charge is 0.479 e. The molecule has 0 unspecified atom stereocenters. The highest BCUT2D eigenvalue weighted by atomic mass is 16.4. The molecule has 0 amide bonds. The lowest BCUT2D eigenvalue weighted by Crippen LogP contribution is -2.43. The first-order valence-electron chi connectivity index (χ1n) is 13.1. The highest BCUT2D eigenvalue weighted by molar-refractivity contribution is 5.95. The Balaban J connectivity index is 2.17. The predicted octanol–water partition coefficient (Wildman–Crippen LogP) is 6.06. The van der Waals surface area contributed by atoms with E-state index in [-0.39, 0.29) is 33.4 Å². The maximum atomic E-state index is 13.3. The molecule has 0 aliphatic rings. The molecule has 0 atom stereocenters. The number of carboxylic acid groups (broad SMARTS) is 3. The molecule has 0 saturated carbocycles. The third-order valence-electron chi connectivity index (χ3n) is 7.92. The van der Waals surface area contributed by atoms with Gasteiger partial charge in [-0.1, -0.05) is 113 Å². The van der Waals surface area contributed by atoms with Crippen molar-refractivity contribution in [3.8, 4) is 0 Å². The van der Waals surface area contributed by atoms with Crippen LogP contribution in [0.1, 0.15) is 81.8 Å². The van der Waals surface area contributed by atoms with Crippen LogP contribution >= 0.6 is 0 Å². The second-order valence-electron chi connectivity index (χ2n) is 11.1. The molecule has 4 aromatic carbocycles. The summed E-state index contributed by atoms with van der Waals surface area (Å²) in [4.78, 5) is 38.3. The number of aliphatic carboxylic acids is 1. The Morgan fingerprint density at radius 3 is 1.15 bits per heavy atom. The second kappa shape index (κ2) is 10.7. The molecule has 4 N–H and O–H groups in total. The quantitative estimate of drug-likeness (QED) is 0.199. The van der Waals surface area contributed by atoms with E-state index in [2.05, 4.69) is 0 Å². The van der Waals surface area contributed by atoms with Crippen LogP contribution in [-0.2, 0) is 21.2 Å². The minimum absolute atomic E-state index is 0.104. The molecule has 0 radical (unpaired) electrons. The summed E-state index contributed by atoms with van der Waals surface area (Å²) in [5.74, 6) is -4.25. The van der Waals surface area contributed by atoms with E-state index in [1.165, 1.54) is 36.4 Å². The first-order valence-corrected chi connectivity index (χ1v) is 13.1. The molecule has 7 heteroatoms. The average molecular weight is 553 g/mol. The summed E-state index contributed by atoms with van der Waals surface area (Å²) >= 11 is 0. The highest BCUT2D eigenvalue weighted by Crippen LogP contribution is 2.46. The van der Waals surface area contributed by atoms with Crippen molar-refractivity contribution in [3.05, 3.63) is 142 Å². The lowest BCUT2D eigenvalue weighted by molar-refractivity contribution is -0.155. The third kappa shape index (κ3) is 4.89. The highest BCUT2D eigenvalue weighted by Gasteiger charge is 2.49. The predicted molar refractivity (Wildman–Crippen MR) is 155 cm³/mol. The number of benzene rings is 4. The smallest absolute Gasteiger partial charge is 0.345 e. The van der Waals surface area contributed by atoms with E-state index >= 15 is 0 Å². The zero-order chi connectivity index (χ0) is 30.2. The fourth-order valence-electron chi connectivity index (χ4n) is 5.78. The molecule has 4 aromatic rings. The van der Waals surface area contributed by atoms with E-state index in [1.54, 1.807) is 76.2 Å². The van der Waals surface area contributed by atoms with Gasteiger partial charge in [0.2, 0.25) is 5.60 Å². The molecule has 7 nitrogen and oxygen atoms in total. The van der Waals surface area contributed by atoms with Crippen LogP contribution in [0.2, 0.25) is 0 Å². The van der Waals surface area contributed by atoms with Crippen molar-refractivity contribution >= 4 is 17.9 Å². The van der Waals surface area contributed by atoms with Crippen molar-refractivity contribution in [3.63, 3.8) is 0 Å². The van der Waals surface area contributed by atoms with Crippen molar-refractivity contribution in [1.29, 1.82) is 0 Å². The molecule has 0 aliphatic carbocycles. The lowest BCUT2D eigenvalue weighted by atomic mass is 9.66. The van der Waals surface area contributed by atoms with Crippen LogP contribution in [-0.4, -0.2) is 38.3 Å². The maximum Gasteiger partial charge on any atom is 0.345 e. The van der Waals surface area contributed by atoms with Crippen LogP contribution in [0.3, 0.4) is 0 Å². The first-order chi connectivity index (χ1) is 19.3. The number of carboxylic acids is 3. The summed E-state index contributed by atoms with van der Waals surface area (Å²) < 4.78 is 0. The third-order valence-corrected chi connectivity index (χ3v) is 7.92. The van der Waals surface area contributed by atoms with E-state index < -0.39 is 34.3 Å². The van der Waals surface area contributed by atoms with Crippen LogP contribution in [0.4, 0.5) is 0 Å². The molecule has 0 saturated heterocycles. The number of aromatic carboxylic acids is 2. The molecule has 0 bridgehead atoms. The van der Waals surface area contributed by atoms with Gasteiger partial charge in [0.1, 0.15) is 0 Å². The van der Waals surface area contributed by atoms with Crippen molar-refractivity contribution < 1.29 is 34.8 Å². The first kappa shape index (κ1) is 29.2. The summed E-state index contributed by atoms with van der Waals surface area (Å²) in [7, 11) is 0. The lowest BCUT2D eigenvalue weighted by Gasteiger charge is -2.38. The fourth-order valence-corrected chi connectivity index (χ4v) is 5.78. The minimum atomic E-state index is -2.82. The SMILES string of the molecule is CC(C)(c1ccccc1)c1c(C(=O)O)cccc1C(O)(C(=O)O)c1cccc(C(=O)O)c1C(C)(C)c1ccccc1. The van der Waals surface area contributed by atoms with Crippen LogP contribution in [0.25, 0.3) is 0 Å². The molecule has 0 heterocycles. The molecule has 0 aromatic heterocycles. The van der Waals surface area contributed by atoms with E-state index in [9.17, 15) is 34.8 Å². The van der Waals surface area contributed by atoms with Crippen molar-refractivity contribution in [2.75, 3.05) is 0 Å². The summed E-state index contributed by atoms with van der Waals surface area (Å²) in [6.45, 7) is 7.05. The van der Waals surface area contributed by atoms with Gasteiger partial charge in [0.25, 0.3) is 0 Å². The summed E-state index contributed by atoms with van der Waals surface area (Å²) in [6, 6.07) is 26.3. The number of carbonyl (C=O) groups is 3. The van der Waals surface area contributed by atoms with E-state index in [0.29, 0.717) is 11.1 Å². The molecule has 210 valence electrons. The molecule has 0 aliphatic heterocycles. The maximum absolute atomic E-state index is 13.3. The Morgan fingerprint density at radius 1 is 0.512 bits per heavy atom. The van der Waals surface area contributed by atoms with Crippen LogP contribution in [0.5, 0.6) is 0 Å². The van der Waals surface area contributed by atoms with Crippen molar-refractivity contribution in [2.24, 2.45) is 0 Å². The van der Waals surface area contributed by atoms with Gasteiger partial charge in [-0.05, 0) is 34.4 Å². The van der Waals surface area contributed by atoms with E-state index in [1.807, 2.05) is 12.1 Å². The summed E-state index contributed by atoms with van der Waals surface area (Å²) in [5.41, 5.74) is -4.02. The number of hydrogen-bond acceptors (Lipinski definition) is 4. The molecule has 0 fully saturated rings. The summed E-state index contributed by atoms with van der Waals surface area (Å²) in [6.07, 6.45) is 0. The Hall–Kier alpha value is -4.75. The van der Waals surface area contributed by atoms with Crippen LogP contribution < -0.4 is 0 Å². The van der Waals surface area contributed by atoms with Gasteiger partial charge in [-0.25, -0.2) is 14.4 Å². The van der Waals surface area contributed by atoms with Gasteiger partial charge in [0, 0.05) is 22.0 Å². The molecule has 0 spiro atoms. The van der Waals surface area contributed by atoms with Crippen LogP contribution in [0.15, 0.2) is 97.1 Å². The van der Waals surface area contributed by atoms with Crippen molar-refractivity contribution in [1.82, 2.24) is 0 Å². The normalized spacial score (nSPS) is 12.1. The van der Waals surface area contributed by atoms with Gasteiger partial charge < -0.3 is 20.4 Å². The average Bonchev–Trinajstić information content (AvgIpc) is 2.96. The van der Waals surface area contributed by atoms with Gasteiger partial charge in [-0.15, -0.1) is 0 Å². The molecular formula is C34H32O7. The zero-order valence-electron chi connectivity index (χ0n) is 23.3. The van der Waals surface area contributed by atoms with Gasteiger partial charge in [0.15, 0.2) is 0 Å². The van der Waals surface area contributed by atoms with Gasteiger partial charge in [0.05, 0.1) is 11.1 Å². The monoisotopic (exact) mass is 552 g/mol. The van der Waals surface area contributed by atoms with Gasteiger partial charge in [-0.3, -0.25) is 0 Å². The fraction of sp³-hybridized carbons (Fsp3) is 0.206. The molecule has 4 rings (SSSR count). The number of hydrogen-bond donors (Lipinski definition) is 4. The number of rotatable bonds is 9. The molecular weight excluding hydrogens is 520 g/mol. The van der Waals surface area contributed by atoms with Crippen molar-refractivity contribution in [2.45, 2.75) is 44.1 Å². The Morgan fingerprint density at radius 2 is 0.854 bits per heavy atom. The van der Waals surface area contributed by atoms with Crippen LogP contribution in [0, 0.1) is 0 Å². The summed E-state index contributed by atoms with van der Waals surface area (Å²) in [5, 5.41) is 43.7. The number of aliphatic hydroxyl groups is 1. The van der Waals surface area contributed by atoms with E-state index in [4.69, 9.17) is 0 Å². The van der Waals surface area contributed by atoms with E-state index in [0.717, 1.165) is 0 Å². The van der Waals surface area contributed by atoms with Gasteiger partial charge >= 0.3 is 17.9 Å². The topological polar surface area (TPSA) is 132 Å². The standard InChI is InChI=1S/C34H32O7/c1-32(2,21-13-7-5-8-14-21)27-23(29(35)36)17-11-19-25(27)34(41,31(39)40)26-20-12-18-24(30(37)38)28(26)33(3,4)22-15-9-6-10-16-22/h5-20,41H,1-4H3,(H,35,36)(H,37,38)(H,39,40). The minimum Gasteiger partial charge on any atom is -0.479 e. The Labute approximate surface area is 238 Å². The molecule has 41 heavy (non-hydrogen) atoms. The Bertz CT molecular complexity index is 1510.